The monoisotopic (exact) mass is 257 g/mol. The van der Waals surface area contributed by atoms with Crippen molar-refractivity contribution in [2.75, 3.05) is 20.3 Å². The van der Waals surface area contributed by atoms with E-state index in [2.05, 4.69) is 5.32 Å². The number of methoxy groups -OCH3 is 1. The maximum absolute atomic E-state index is 11.6. The topological polar surface area (TPSA) is 84.9 Å². The van der Waals surface area contributed by atoms with Crippen LogP contribution in [0.25, 0.3) is 0 Å². The normalized spacial score (nSPS) is 33.6. The lowest BCUT2D eigenvalue weighted by Crippen LogP contribution is -2.62. The van der Waals surface area contributed by atoms with E-state index in [1.54, 1.807) is 7.11 Å². The number of amides is 1. The molecule has 0 aromatic carbocycles. The number of ether oxygens (including phenoxy) is 2. The quantitative estimate of drug-likeness (QED) is 0.700. The van der Waals surface area contributed by atoms with Crippen molar-refractivity contribution in [3.05, 3.63) is 0 Å². The van der Waals surface area contributed by atoms with Crippen LogP contribution >= 0.6 is 0 Å². The van der Waals surface area contributed by atoms with Crippen molar-refractivity contribution in [1.29, 1.82) is 0 Å². The fourth-order valence-corrected chi connectivity index (χ4v) is 2.91. The number of rotatable bonds is 6. The lowest BCUT2D eigenvalue weighted by Gasteiger charge is -2.47. The molecule has 6 nitrogen and oxygen atoms in total. The summed E-state index contributed by atoms with van der Waals surface area (Å²) in [7, 11) is 1.63. The standard InChI is InChI=1S/C12H19NO5/c1-17-6-8-11(7-4-5-18-12(7)8)13-9(14)2-3-10(15)16/h7-8,11-12H,2-6H2,1H3,(H,13,14)(H,15,16)/t7-,8+,11-,12-/m1/s1. The molecule has 2 aliphatic rings. The third kappa shape index (κ3) is 2.64. The Bertz CT molecular complexity index is 332. The van der Waals surface area contributed by atoms with E-state index in [1.807, 2.05) is 0 Å². The zero-order valence-corrected chi connectivity index (χ0v) is 10.4. The fraction of sp³-hybridized carbons (Fsp3) is 0.833. The van der Waals surface area contributed by atoms with E-state index in [0.29, 0.717) is 12.5 Å². The Labute approximate surface area is 106 Å². The van der Waals surface area contributed by atoms with Gasteiger partial charge in [-0.15, -0.1) is 0 Å². The van der Waals surface area contributed by atoms with Gasteiger partial charge in [-0.05, 0) is 6.42 Å². The largest absolute Gasteiger partial charge is 0.481 e. The first kappa shape index (κ1) is 13.3. The summed E-state index contributed by atoms with van der Waals surface area (Å²) in [5.41, 5.74) is 0. The Morgan fingerprint density at radius 1 is 1.44 bits per heavy atom. The summed E-state index contributed by atoms with van der Waals surface area (Å²) in [6.07, 6.45) is 1.05. The third-order valence-corrected chi connectivity index (χ3v) is 3.78. The number of carbonyl (C=O) groups excluding carboxylic acids is 1. The molecule has 0 spiro atoms. The summed E-state index contributed by atoms with van der Waals surface area (Å²) in [5.74, 6) is -0.599. The van der Waals surface area contributed by atoms with Crippen LogP contribution < -0.4 is 5.32 Å². The van der Waals surface area contributed by atoms with Gasteiger partial charge < -0.3 is 19.9 Å². The highest BCUT2D eigenvalue weighted by molar-refractivity contribution is 5.81. The predicted octanol–water partition coefficient (Wildman–Crippen LogP) is 0.0173. The number of carbonyl (C=O) groups is 2. The summed E-state index contributed by atoms with van der Waals surface area (Å²) in [6.45, 7) is 1.29. The second kappa shape index (κ2) is 5.67. The van der Waals surface area contributed by atoms with Crippen molar-refractivity contribution in [2.45, 2.75) is 31.4 Å². The minimum Gasteiger partial charge on any atom is -0.481 e. The van der Waals surface area contributed by atoms with Gasteiger partial charge in [0, 0.05) is 38.0 Å². The average Bonchev–Trinajstić information content (AvgIpc) is 2.75. The van der Waals surface area contributed by atoms with Gasteiger partial charge in [-0.1, -0.05) is 0 Å². The molecule has 2 fully saturated rings. The van der Waals surface area contributed by atoms with Gasteiger partial charge in [0.25, 0.3) is 0 Å². The Morgan fingerprint density at radius 2 is 2.22 bits per heavy atom. The van der Waals surface area contributed by atoms with Crippen LogP contribution in [0.15, 0.2) is 0 Å². The summed E-state index contributed by atoms with van der Waals surface area (Å²) in [4.78, 5) is 22.0. The summed E-state index contributed by atoms with van der Waals surface area (Å²) >= 11 is 0. The molecule has 18 heavy (non-hydrogen) atoms. The Balaban J connectivity index is 1.83. The SMILES string of the molecule is COC[C@H]1[C@H](NC(=O)CCC(=O)O)[C@H]2CCO[C@H]21. The van der Waals surface area contributed by atoms with E-state index in [0.717, 1.165) is 13.0 Å². The van der Waals surface area contributed by atoms with Gasteiger partial charge >= 0.3 is 5.97 Å². The second-order valence-electron chi connectivity index (χ2n) is 4.89. The van der Waals surface area contributed by atoms with Gasteiger partial charge in [-0.25, -0.2) is 0 Å². The van der Waals surface area contributed by atoms with Gasteiger partial charge in [0.05, 0.1) is 19.1 Å². The van der Waals surface area contributed by atoms with Gasteiger partial charge in [-0.2, -0.15) is 0 Å². The Hall–Kier alpha value is -1.14. The van der Waals surface area contributed by atoms with Gasteiger partial charge in [-0.3, -0.25) is 9.59 Å². The van der Waals surface area contributed by atoms with Gasteiger partial charge in [0.2, 0.25) is 5.91 Å². The predicted molar refractivity (Wildman–Crippen MR) is 62.0 cm³/mol. The molecule has 0 aromatic rings. The maximum Gasteiger partial charge on any atom is 0.303 e. The summed E-state index contributed by atoms with van der Waals surface area (Å²) < 4.78 is 10.7. The molecule has 0 radical (unpaired) electrons. The second-order valence-corrected chi connectivity index (χ2v) is 4.89. The molecule has 2 rings (SSSR count). The zero-order valence-electron chi connectivity index (χ0n) is 10.4. The summed E-state index contributed by atoms with van der Waals surface area (Å²) in [5, 5.41) is 11.4. The molecule has 1 heterocycles. The van der Waals surface area contributed by atoms with E-state index in [9.17, 15) is 9.59 Å². The van der Waals surface area contributed by atoms with E-state index in [-0.39, 0.29) is 36.8 Å². The lowest BCUT2D eigenvalue weighted by molar-refractivity contribution is -0.140. The van der Waals surface area contributed by atoms with E-state index < -0.39 is 5.97 Å². The molecule has 2 N–H and O–H groups in total. The molecule has 0 aromatic heterocycles. The molecule has 1 saturated carbocycles. The van der Waals surface area contributed by atoms with Crippen LogP contribution in [0, 0.1) is 11.8 Å². The van der Waals surface area contributed by atoms with Crippen LogP contribution in [0.3, 0.4) is 0 Å². The van der Waals surface area contributed by atoms with E-state index >= 15 is 0 Å². The molecule has 1 amide bonds. The van der Waals surface area contributed by atoms with Crippen LogP contribution in [0.2, 0.25) is 0 Å². The molecular weight excluding hydrogens is 238 g/mol. The average molecular weight is 257 g/mol. The van der Waals surface area contributed by atoms with E-state index in [1.165, 1.54) is 0 Å². The highest BCUT2D eigenvalue weighted by atomic mass is 16.5. The fourth-order valence-electron chi connectivity index (χ4n) is 2.91. The number of carboxylic acids is 1. The molecule has 0 unspecified atom stereocenters. The van der Waals surface area contributed by atoms with Gasteiger partial charge in [0.15, 0.2) is 0 Å². The third-order valence-electron chi connectivity index (χ3n) is 3.78. The first-order valence-electron chi connectivity index (χ1n) is 6.25. The van der Waals surface area contributed by atoms with Crippen molar-refractivity contribution in [1.82, 2.24) is 5.32 Å². The molecule has 1 saturated heterocycles. The van der Waals surface area contributed by atoms with Crippen molar-refractivity contribution in [2.24, 2.45) is 11.8 Å². The minimum atomic E-state index is -0.950. The number of aliphatic carboxylic acids is 1. The number of carboxylic acid groups (broad SMARTS) is 1. The number of nitrogens with one attached hydrogen (secondary N) is 1. The van der Waals surface area contributed by atoms with Crippen molar-refractivity contribution < 1.29 is 24.2 Å². The molecule has 1 aliphatic heterocycles. The molecule has 1 aliphatic carbocycles. The molecule has 6 heteroatoms. The highest BCUT2D eigenvalue weighted by Gasteiger charge is 2.54. The number of fused-ring (bicyclic) bond motifs is 1. The number of hydrogen-bond acceptors (Lipinski definition) is 4. The molecule has 102 valence electrons. The molecule has 0 bridgehead atoms. The highest BCUT2D eigenvalue weighted by Crippen LogP contribution is 2.43. The smallest absolute Gasteiger partial charge is 0.303 e. The van der Waals surface area contributed by atoms with Crippen LogP contribution in [-0.4, -0.2) is 49.5 Å². The molecule has 4 atom stereocenters. The van der Waals surface area contributed by atoms with Crippen LogP contribution in [0.4, 0.5) is 0 Å². The van der Waals surface area contributed by atoms with Crippen molar-refractivity contribution >= 4 is 11.9 Å². The first-order chi connectivity index (χ1) is 8.63. The van der Waals surface area contributed by atoms with Crippen LogP contribution in [0.1, 0.15) is 19.3 Å². The molecular formula is C12H19NO5. The first-order valence-corrected chi connectivity index (χ1v) is 6.25. The van der Waals surface area contributed by atoms with Crippen molar-refractivity contribution in [3.63, 3.8) is 0 Å². The van der Waals surface area contributed by atoms with Crippen LogP contribution in [-0.2, 0) is 19.1 Å². The maximum atomic E-state index is 11.6. The van der Waals surface area contributed by atoms with Gasteiger partial charge in [0.1, 0.15) is 0 Å². The zero-order chi connectivity index (χ0) is 13.1. The van der Waals surface area contributed by atoms with E-state index in [4.69, 9.17) is 14.6 Å². The van der Waals surface area contributed by atoms with Crippen molar-refractivity contribution in [3.8, 4) is 0 Å². The number of hydrogen-bond donors (Lipinski definition) is 2. The Morgan fingerprint density at radius 3 is 2.89 bits per heavy atom. The Kier molecular flexibility index (Phi) is 4.19. The summed E-state index contributed by atoms with van der Waals surface area (Å²) in [6, 6.07) is 0.0683. The lowest BCUT2D eigenvalue weighted by atomic mass is 9.67. The van der Waals surface area contributed by atoms with Crippen LogP contribution in [0.5, 0.6) is 0 Å². The minimum absolute atomic E-state index is 0.0315.